The van der Waals surface area contributed by atoms with Crippen LogP contribution in [0.2, 0.25) is 0 Å². The van der Waals surface area contributed by atoms with Crippen LogP contribution in [0.5, 0.6) is 11.5 Å². The number of aromatic nitrogens is 1. The van der Waals surface area contributed by atoms with Crippen LogP contribution < -0.4 is 10.1 Å². The minimum absolute atomic E-state index is 0.0324. The second-order valence-electron chi connectivity index (χ2n) is 8.70. The second kappa shape index (κ2) is 4.67. The number of pyridine rings is 1. The van der Waals surface area contributed by atoms with Gasteiger partial charge in [-0.05, 0) is 48.7 Å². The van der Waals surface area contributed by atoms with E-state index in [9.17, 15) is 10.2 Å². The van der Waals surface area contributed by atoms with Gasteiger partial charge in [-0.2, -0.15) is 0 Å². The van der Waals surface area contributed by atoms with E-state index in [0.717, 1.165) is 47.1 Å². The molecule has 4 aliphatic rings. The van der Waals surface area contributed by atoms with Gasteiger partial charge in [-0.15, -0.1) is 0 Å². The molecular weight excluding hydrogens is 352 g/mol. The van der Waals surface area contributed by atoms with Crippen LogP contribution in [0.3, 0.4) is 0 Å². The third-order valence-electron chi connectivity index (χ3n) is 7.58. The first-order chi connectivity index (χ1) is 13.6. The number of hydrogen-bond acceptors (Lipinski definition) is 5. The minimum Gasteiger partial charge on any atom is -0.504 e. The summed E-state index contributed by atoms with van der Waals surface area (Å²) in [5, 5.41) is 27.4. The van der Waals surface area contributed by atoms with Crippen LogP contribution in [0.1, 0.15) is 34.9 Å². The van der Waals surface area contributed by atoms with E-state index < -0.39 is 11.0 Å². The number of phenols is 1. The number of phenolic OH excluding ortho intramolecular Hbond substituents is 1. The highest BCUT2D eigenvalue weighted by atomic mass is 16.5. The number of hydrogen-bond donors (Lipinski definition) is 3. The molecular formula is C23H20N2O3. The van der Waals surface area contributed by atoms with Gasteiger partial charge in [0.15, 0.2) is 17.6 Å². The lowest BCUT2D eigenvalue weighted by Gasteiger charge is -2.60. The molecule has 5 heteroatoms. The molecule has 3 N–H and O–H groups in total. The van der Waals surface area contributed by atoms with Gasteiger partial charge in [-0.1, -0.05) is 24.3 Å². The van der Waals surface area contributed by atoms with Gasteiger partial charge in [0.2, 0.25) is 0 Å². The van der Waals surface area contributed by atoms with E-state index in [1.165, 1.54) is 5.56 Å². The standard InChI is InChI=1S/C23H20N2O3/c26-16-6-5-13-10-17-23(27)11-14-9-12-3-1-2-4-15(12)25-19(14)21-22(23,7-8-24-17)18(13)20(16)28-21/h1-6,9,17,21,24,26-27H,7-8,10-11H2/t17-,21-,22-,23+/m0/s1. The summed E-state index contributed by atoms with van der Waals surface area (Å²) in [4.78, 5) is 4.99. The van der Waals surface area contributed by atoms with Crippen molar-refractivity contribution in [2.75, 3.05) is 6.54 Å². The third-order valence-corrected chi connectivity index (χ3v) is 7.58. The van der Waals surface area contributed by atoms with E-state index in [1.807, 2.05) is 24.3 Å². The van der Waals surface area contributed by atoms with Crippen molar-refractivity contribution >= 4 is 10.9 Å². The second-order valence-corrected chi connectivity index (χ2v) is 8.70. The highest BCUT2D eigenvalue weighted by molar-refractivity contribution is 5.80. The smallest absolute Gasteiger partial charge is 0.166 e. The van der Waals surface area contributed by atoms with Gasteiger partial charge in [-0.3, -0.25) is 0 Å². The van der Waals surface area contributed by atoms with Crippen molar-refractivity contribution in [3.05, 3.63) is 64.8 Å². The zero-order valence-corrected chi connectivity index (χ0v) is 15.3. The lowest BCUT2D eigenvalue weighted by atomic mass is 9.49. The minimum atomic E-state index is -0.959. The van der Waals surface area contributed by atoms with Crippen LogP contribution in [-0.2, 0) is 18.3 Å². The van der Waals surface area contributed by atoms with Crippen molar-refractivity contribution in [2.45, 2.75) is 42.4 Å². The molecule has 140 valence electrons. The summed E-state index contributed by atoms with van der Waals surface area (Å²) in [5.41, 5.74) is 3.55. The van der Waals surface area contributed by atoms with E-state index in [0.29, 0.717) is 12.2 Å². The number of nitrogens with one attached hydrogen (secondary N) is 1. The predicted octanol–water partition coefficient (Wildman–Crippen LogP) is 2.52. The molecule has 2 aliphatic carbocycles. The summed E-state index contributed by atoms with van der Waals surface area (Å²) in [5.74, 6) is 0.702. The summed E-state index contributed by atoms with van der Waals surface area (Å²) in [7, 11) is 0. The fourth-order valence-corrected chi connectivity index (χ4v) is 6.44. The molecule has 2 aliphatic heterocycles. The van der Waals surface area contributed by atoms with Crippen LogP contribution >= 0.6 is 0 Å². The molecule has 2 aromatic carbocycles. The molecule has 1 fully saturated rings. The molecule has 1 aromatic heterocycles. The number of piperidine rings is 1. The molecule has 28 heavy (non-hydrogen) atoms. The average Bonchev–Trinajstić information content (AvgIpc) is 3.03. The molecule has 5 nitrogen and oxygen atoms in total. The molecule has 0 radical (unpaired) electrons. The van der Waals surface area contributed by atoms with Crippen LogP contribution in [0.25, 0.3) is 10.9 Å². The van der Waals surface area contributed by atoms with Gasteiger partial charge < -0.3 is 20.3 Å². The summed E-state index contributed by atoms with van der Waals surface area (Å²) >= 11 is 0. The van der Waals surface area contributed by atoms with Crippen LogP contribution in [0.4, 0.5) is 0 Å². The summed E-state index contributed by atoms with van der Waals surface area (Å²) in [6.45, 7) is 0.824. The Balaban J connectivity index is 1.59. The topological polar surface area (TPSA) is 74.6 Å². The first-order valence-electron chi connectivity index (χ1n) is 9.98. The summed E-state index contributed by atoms with van der Waals surface area (Å²) < 4.78 is 6.45. The van der Waals surface area contributed by atoms with Gasteiger partial charge in [-0.25, -0.2) is 4.98 Å². The molecule has 1 spiro atoms. The lowest BCUT2D eigenvalue weighted by Crippen LogP contribution is -2.73. The Hall–Kier alpha value is -2.63. The van der Waals surface area contributed by atoms with Gasteiger partial charge in [0.05, 0.1) is 22.2 Å². The SMILES string of the molecule is Oc1ccc2c3c1O[C@H]1c4nc5ccccc5cc4C[C@@]4(O)[C@H](C2)NCC[C@]314. The van der Waals surface area contributed by atoms with Crippen LogP contribution in [-0.4, -0.2) is 33.4 Å². The van der Waals surface area contributed by atoms with E-state index in [-0.39, 0.29) is 17.9 Å². The fourth-order valence-electron chi connectivity index (χ4n) is 6.44. The van der Waals surface area contributed by atoms with E-state index in [1.54, 1.807) is 6.07 Å². The van der Waals surface area contributed by atoms with E-state index >= 15 is 0 Å². The third kappa shape index (κ3) is 1.50. The molecule has 0 amide bonds. The average molecular weight is 372 g/mol. The monoisotopic (exact) mass is 372 g/mol. The maximum absolute atomic E-state index is 12.2. The molecule has 0 unspecified atom stereocenters. The van der Waals surface area contributed by atoms with Gasteiger partial charge in [0.1, 0.15) is 0 Å². The number of nitrogens with zero attached hydrogens (tertiary/aromatic N) is 1. The van der Waals surface area contributed by atoms with Crippen molar-refractivity contribution in [3.8, 4) is 11.5 Å². The normalized spacial score (nSPS) is 33.9. The molecule has 1 saturated heterocycles. The van der Waals surface area contributed by atoms with E-state index in [2.05, 4.69) is 17.4 Å². The largest absolute Gasteiger partial charge is 0.504 e. The zero-order chi connectivity index (χ0) is 18.7. The predicted molar refractivity (Wildman–Crippen MR) is 104 cm³/mol. The van der Waals surface area contributed by atoms with Crippen molar-refractivity contribution in [2.24, 2.45) is 0 Å². The summed E-state index contributed by atoms with van der Waals surface area (Å²) in [6, 6.07) is 13.9. The first-order valence-corrected chi connectivity index (χ1v) is 9.98. The van der Waals surface area contributed by atoms with Crippen molar-refractivity contribution in [3.63, 3.8) is 0 Å². The molecule has 3 aromatic rings. The molecule has 3 heterocycles. The maximum atomic E-state index is 12.2. The number of aliphatic hydroxyl groups is 1. The quantitative estimate of drug-likeness (QED) is 0.565. The van der Waals surface area contributed by atoms with E-state index in [4.69, 9.17) is 9.72 Å². The number of ether oxygens (including phenoxy) is 1. The Kier molecular flexibility index (Phi) is 2.56. The van der Waals surface area contributed by atoms with Gasteiger partial charge in [0, 0.05) is 23.4 Å². The van der Waals surface area contributed by atoms with Crippen LogP contribution in [0.15, 0.2) is 42.5 Å². The molecule has 7 rings (SSSR count). The first kappa shape index (κ1) is 15.3. The Morgan fingerprint density at radius 3 is 2.96 bits per heavy atom. The maximum Gasteiger partial charge on any atom is 0.166 e. The molecule has 4 atom stereocenters. The Bertz CT molecular complexity index is 1190. The number of aromatic hydroxyl groups is 1. The van der Waals surface area contributed by atoms with Crippen LogP contribution in [0, 0.1) is 0 Å². The highest BCUT2D eigenvalue weighted by Crippen LogP contribution is 2.67. The highest BCUT2D eigenvalue weighted by Gasteiger charge is 2.71. The van der Waals surface area contributed by atoms with Gasteiger partial charge >= 0.3 is 0 Å². The number of para-hydroxylation sites is 1. The Morgan fingerprint density at radius 2 is 2.04 bits per heavy atom. The molecule has 0 saturated carbocycles. The Morgan fingerprint density at radius 1 is 1.14 bits per heavy atom. The Labute approximate surface area is 162 Å². The fraction of sp³-hybridized carbons (Fsp3) is 0.348. The number of benzene rings is 2. The van der Waals surface area contributed by atoms with Crippen molar-refractivity contribution < 1.29 is 14.9 Å². The van der Waals surface area contributed by atoms with Crippen molar-refractivity contribution in [1.29, 1.82) is 0 Å². The van der Waals surface area contributed by atoms with Crippen molar-refractivity contribution in [1.82, 2.24) is 10.3 Å². The summed E-state index contributed by atoms with van der Waals surface area (Å²) in [6.07, 6.45) is 1.68. The van der Waals surface area contributed by atoms with Gasteiger partial charge in [0.25, 0.3) is 0 Å². The number of fused-ring (bicyclic) bond motifs is 3. The zero-order valence-electron chi connectivity index (χ0n) is 15.3. The lowest BCUT2D eigenvalue weighted by molar-refractivity contribution is -0.134. The molecule has 2 bridgehead atoms. The number of rotatable bonds is 0.